The van der Waals surface area contributed by atoms with Gasteiger partial charge in [0.1, 0.15) is 11.8 Å². The SMILES string of the molecule is CCNC(=O)C(C)N(Cc1ccccc1Cl)C(=O)COc1ccc(I)cc1. The lowest BCUT2D eigenvalue weighted by Gasteiger charge is -2.29. The summed E-state index contributed by atoms with van der Waals surface area (Å²) >= 11 is 8.44. The van der Waals surface area contributed by atoms with Crippen molar-refractivity contribution in [3.8, 4) is 5.75 Å². The quantitative estimate of drug-likeness (QED) is 0.560. The highest BCUT2D eigenvalue weighted by Crippen LogP contribution is 2.19. The fraction of sp³-hybridized carbons (Fsp3) is 0.300. The van der Waals surface area contributed by atoms with Crippen molar-refractivity contribution in [1.29, 1.82) is 0 Å². The average molecular weight is 501 g/mol. The summed E-state index contributed by atoms with van der Waals surface area (Å²) in [6.07, 6.45) is 0. The number of amides is 2. The van der Waals surface area contributed by atoms with Gasteiger partial charge in [-0.15, -0.1) is 0 Å². The number of ether oxygens (including phenoxy) is 1. The van der Waals surface area contributed by atoms with Gasteiger partial charge in [0.05, 0.1) is 0 Å². The molecule has 0 radical (unpaired) electrons. The topological polar surface area (TPSA) is 58.6 Å². The molecule has 2 amide bonds. The highest BCUT2D eigenvalue weighted by molar-refractivity contribution is 14.1. The first-order chi connectivity index (χ1) is 12.9. The number of carbonyl (C=O) groups excluding carboxylic acids is 2. The minimum atomic E-state index is -0.644. The van der Waals surface area contributed by atoms with E-state index in [9.17, 15) is 9.59 Å². The standard InChI is InChI=1S/C20H22ClIN2O3/c1-3-23-20(26)14(2)24(12-15-6-4-5-7-18(15)21)19(25)13-27-17-10-8-16(22)9-11-17/h4-11,14H,3,12-13H2,1-2H3,(H,23,26). The molecule has 0 aliphatic rings. The molecule has 0 aliphatic carbocycles. The van der Waals surface area contributed by atoms with Gasteiger partial charge in [-0.05, 0) is 72.3 Å². The number of nitrogens with one attached hydrogen (secondary N) is 1. The van der Waals surface area contributed by atoms with Crippen molar-refractivity contribution in [1.82, 2.24) is 10.2 Å². The number of carbonyl (C=O) groups is 2. The first-order valence-electron chi connectivity index (χ1n) is 8.61. The average Bonchev–Trinajstić information content (AvgIpc) is 2.66. The van der Waals surface area contributed by atoms with Crippen molar-refractivity contribution in [3.05, 3.63) is 62.7 Å². The molecular formula is C20H22ClIN2O3. The van der Waals surface area contributed by atoms with Gasteiger partial charge in [-0.25, -0.2) is 0 Å². The molecule has 2 aromatic carbocycles. The molecule has 7 heteroatoms. The maximum Gasteiger partial charge on any atom is 0.261 e. The van der Waals surface area contributed by atoms with Gasteiger partial charge in [0, 0.05) is 21.7 Å². The normalized spacial score (nSPS) is 11.6. The lowest BCUT2D eigenvalue weighted by molar-refractivity contribution is -0.142. The molecule has 144 valence electrons. The van der Waals surface area contributed by atoms with Gasteiger partial charge < -0.3 is 15.0 Å². The number of halogens is 2. The van der Waals surface area contributed by atoms with Crippen LogP contribution in [0.4, 0.5) is 0 Å². The molecule has 2 aromatic rings. The Labute approximate surface area is 178 Å². The van der Waals surface area contributed by atoms with Crippen LogP contribution in [0.1, 0.15) is 19.4 Å². The Hall–Kier alpha value is -1.80. The van der Waals surface area contributed by atoms with Crippen molar-refractivity contribution < 1.29 is 14.3 Å². The van der Waals surface area contributed by atoms with E-state index >= 15 is 0 Å². The third kappa shape index (κ3) is 6.39. The Morgan fingerprint density at radius 1 is 1.19 bits per heavy atom. The van der Waals surface area contributed by atoms with Gasteiger partial charge >= 0.3 is 0 Å². The van der Waals surface area contributed by atoms with Crippen LogP contribution in [0.2, 0.25) is 5.02 Å². The number of rotatable bonds is 8. The lowest BCUT2D eigenvalue weighted by Crippen LogP contribution is -2.49. The number of nitrogens with zero attached hydrogens (tertiary/aromatic N) is 1. The fourth-order valence-corrected chi connectivity index (χ4v) is 3.03. The molecule has 0 spiro atoms. The largest absolute Gasteiger partial charge is 0.484 e. The summed E-state index contributed by atoms with van der Waals surface area (Å²) in [5, 5.41) is 3.31. The minimum Gasteiger partial charge on any atom is -0.484 e. The summed E-state index contributed by atoms with van der Waals surface area (Å²) in [6.45, 7) is 4.10. The van der Waals surface area contributed by atoms with Crippen molar-refractivity contribution in [2.45, 2.75) is 26.4 Å². The van der Waals surface area contributed by atoms with E-state index < -0.39 is 6.04 Å². The predicted octanol–water partition coefficient (Wildman–Crippen LogP) is 3.88. The van der Waals surface area contributed by atoms with Gasteiger partial charge in [-0.2, -0.15) is 0 Å². The highest BCUT2D eigenvalue weighted by atomic mass is 127. The summed E-state index contributed by atoms with van der Waals surface area (Å²) in [5.74, 6) is 0.103. The molecule has 1 atom stereocenters. The van der Waals surface area contributed by atoms with Gasteiger partial charge in [-0.3, -0.25) is 9.59 Å². The van der Waals surface area contributed by atoms with Gasteiger partial charge in [0.25, 0.3) is 5.91 Å². The Bertz CT molecular complexity index is 783. The maximum atomic E-state index is 12.8. The Kier molecular flexibility index (Phi) is 8.37. The third-order valence-corrected chi connectivity index (χ3v) is 5.08. The van der Waals surface area contributed by atoms with Gasteiger partial charge in [0.15, 0.2) is 6.61 Å². The van der Waals surface area contributed by atoms with Crippen LogP contribution >= 0.6 is 34.2 Å². The number of hydrogen-bond donors (Lipinski definition) is 1. The second-order valence-electron chi connectivity index (χ2n) is 5.93. The molecule has 0 heterocycles. The molecule has 0 aliphatic heterocycles. The molecule has 1 unspecified atom stereocenters. The smallest absolute Gasteiger partial charge is 0.261 e. The van der Waals surface area contributed by atoms with Crippen molar-refractivity contribution in [2.75, 3.05) is 13.2 Å². The first-order valence-corrected chi connectivity index (χ1v) is 10.1. The van der Waals surface area contributed by atoms with Crippen molar-refractivity contribution in [3.63, 3.8) is 0 Å². The monoisotopic (exact) mass is 500 g/mol. The van der Waals surface area contributed by atoms with E-state index in [0.717, 1.165) is 9.13 Å². The summed E-state index contributed by atoms with van der Waals surface area (Å²) < 4.78 is 6.68. The fourth-order valence-electron chi connectivity index (χ4n) is 2.47. The molecule has 1 N–H and O–H groups in total. The van der Waals surface area contributed by atoms with Crippen molar-refractivity contribution >= 4 is 46.0 Å². The van der Waals surface area contributed by atoms with E-state index in [4.69, 9.17) is 16.3 Å². The zero-order chi connectivity index (χ0) is 19.8. The van der Waals surface area contributed by atoms with E-state index in [1.54, 1.807) is 25.1 Å². The summed E-state index contributed by atoms with van der Waals surface area (Å²) in [5.41, 5.74) is 0.776. The molecule has 27 heavy (non-hydrogen) atoms. The molecule has 0 aromatic heterocycles. The molecule has 0 saturated heterocycles. The molecule has 0 saturated carbocycles. The summed E-state index contributed by atoms with van der Waals surface area (Å²) in [4.78, 5) is 26.6. The molecular weight excluding hydrogens is 479 g/mol. The van der Waals surface area contributed by atoms with Crippen LogP contribution in [0.25, 0.3) is 0 Å². The Morgan fingerprint density at radius 2 is 1.85 bits per heavy atom. The van der Waals surface area contributed by atoms with Crippen LogP contribution in [0.3, 0.4) is 0 Å². The zero-order valence-electron chi connectivity index (χ0n) is 15.2. The summed E-state index contributed by atoms with van der Waals surface area (Å²) in [7, 11) is 0. The second kappa shape index (κ2) is 10.5. The third-order valence-electron chi connectivity index (χ3n) is 3.99. The van der Waals surface area contributed by atoms with E-state index in [1.807, 2.05) is 37.3 Å². The maximum absolute atomic E-state index is 12.8. The molecule has 0 bridgehead atoms. The zero-order valence-corrected chi connectivity index (χ0v) is 18.2. The van der Waals surface area contributed by atoms with E-state index in [-0.39, 0.29) is 25.0 Å². The van der Waals surface area contributed by atoms with E-state index in [0.29, 0.717) is 17.3 Å². The number of benzene rings is 2. The van der Waals surface area contributed by atoms with Gasteiger partial charge in [0.2, 0.25) is 5.91 Å². The van der Waals surface area contributed by atoms with Crippen LogP contribution < -0.4 is 10.1 Å². The first kappa shape index (κ1) is 21.5. The van der Waals surface area contributed by atoms with E-state index in [1.165, 1.54) is 4.90 Å². The Morgan fingerprint density at radius 3 is 2.48 bits per heavy atom. The van der Waals surface area contributed by atoms with Crippen LogP contribution in [-0.4, -0.2) is 35.9 Å². The highest BCUT2D eigenvalue weighted by Gasteiger charge is 2.26. The predicted molar refractivity (Wildman–Crippen MR) is 115 cm³/mol. The number of hydrogen-bond acceptors (Lipinski definition) is 3. The van der Waals surface area contributed by atoms with Crippen LogP contribution in [-0.2, 0) is 16.1 Å². The number of likely N-dealkylation sites (N-methyl/N-ethyl adjacent to an activating group) is 1. The van der Waals surface area contributed by atoms with Crippen LogP contribution in [0.15, 0.2) is 48.5 Å². The molecule has 2 rings (SSSR count). The van der Waals surface area contributed by atoms with Gasteiger partial charge in [-0.1, -0.05) is 29.8 Å². The Balaban J connectivity index is 2.14. The van der Waals surface area contributed by atoms with Crippen molar-refractivity contribution in [2.24, 2.45) is 0 Å². The second-order valence-corrected chi connectivity index (χ2v) is 7.58. The van der Waals surface area contributed by atoms with Crippen LogP contribution in [0, 0.1) is 3.57 Å². The molecule has 0 fully saturated rings. The summed E-state index contributed by atoms with van der Waals surface area (Å²) in [6, 6.07) is 14.0. The molecule has 5 nitrogen and oxygen atoms in total. The lowest BCUT2D eigenvalue weighted by atomic mass is 10.1. The van der Waals surface area contributed by atoms with E-state index in [2.05, 4.69) is 27.9 Å². The minimum absolute atomic E-state index is 0.158. The van der Waals surface area contributed by atoms with Crippen LogP contribution in [0.5, 0.6) is 5.75 Å².